The van der Waals surface area contributed by atoms with E-state index in [1.54, 1.807) is 23.1 Å². The second kappa shape index (κ2) is 6.48. The molecule has 1 aromatic rings. The molecule has 0 radical (unpaired) electrons. The van der Waals surface area contributed by atoms with Gasteiger partial charge in [0.2, 0.25) is 5.91 Å². The fourth-order valence-electron chi connectivity index (χ4n) is 2.66. The minimum Gasteiger partial charge on any atom is -0.497 e. The number of likely N-dealkylation sites (tertiary alicyclic amines) is 1. The zero-order valence-corrected chi connectivity index (χ0v) is 14.3. The van der Waals surface area contributed by atoms with Gasteiger partial charge in [0.25, 0.3) is 5.91 Å². The lowest BCUT2D eigenvalue weighted by atomic mass is 10.1. The summed E-state index contributed by atoms with van der Waals surface area (Å²) in [7, 11) is 3.07. The van der Waals surface area contributed by atoms with E-state index in [4.69, 9.17) is 9.47 Å². The highest BCUT2D eigenvalue weighted by atomic mass is 16.5. The molecule has 126 valence electrons. The Kier molecular flexibility index (Phi) is 4.82. The number of hydrogen-bond donors (Lipinski definition) is 1. The highest BCUT2D eigenvalue weighted by molar-refractivity contribution is 5.96. The first-order valence-electron chi connectivity index (χ1n) is 7.59. The van der Waals surface area contributed by atoms with Gasteiger partial charge in [0.15, 0.2) is 0 Å². The van der Waals surface area contributed by atoms with E-state index >= 15 is 0 Å². The molecule has 2 rings (SSSR count). The SMILES string of the molecule is COc1cc(OC)cc(C(=O)NC2CC(=O)N(C(C)(C)C)C2)c1. The largest absolute Gasteiger partial charge is 0.497 e. The van der Waals surface area contributed by atoms with Crippen molar-refractivity contribution in [3.05, 3.63) is 23.8 Å². The molecular weight excluding hydrogens is 296 g/mol. The predicted molar refractivity (Wildman–Crippen MR) is 86.9 cm³/mol. The number of nitrogens with zero attached hydrogens (tertiary/aromatic N) is 1. The molecule has 6 nitrogen and oxygen atoms in total. The van der Waals surface area contributed by atoms with Gasteiger partial charge >= 0.3 is 0 Å². The average molecular weight is 320 g/mol. The molecule has 1 unspecified atom stereocenters. The molecule has 1 aromatic carbocycles. The van der Waals surface area contributed by atoms with Gasteiger partial charge in [-0.05, 0) is 32.9 Å². The van der Waals surface area contributed by atoms with Crippen molar-refractivity contribution in [3.8, 4) is 11.5 Å². The lowest BCUT2D eigenvalue weighted by molar-refractivity contribution is -0.131. The Balaban J connectivity index is 2.10. The molecule has 0 saturated carbocycles. The molecule has 6 heteroatoms. The van der Waals surface area contributed by atoms with Crippen molar-refractivity contribution in [2.45, 2.75) is 38.8 Å². The van der Waals surface area contributed by atoms with E-state index < -0.39 is 0 Å². The van der Waals surface area contributed by atoms with E-state index in [2.05, 4.69) is 5.32 Å². The maximum Gasteiger partial charge on any atom is 0.251 e. The number of carbonyl (C=O) groups excluding carboxylic acids is 2. The van der Waals surface area contributed by atoms with Crippen LogP contribution in [0.5, 0.6) is 11.5 Å². The van der Waals surface area contributed by atoms with Crippen LogP contribution in [0.3, 0.4) is 0 Å². The molecule has 2 amide bonds. The van der Waals surface area contributed by atoms with E-state index in [9.17, 15) is 9.59 Å². The number of ether oxygens (including phenoxy) is 2. The molecule has 1 aliphatic heterocycles. The summed E-state index contributed by atoms with van der Waals surface area (Å²) >= 11 is 0. The Morgan fingerprint density at radius 1 is 1.17 bits per heavy atom. The standard InChI is InChI=1S/C17H24N2O4/c1-17(2,3)19-10-12(8-15(19)20)18-16(21)11-6-13(22-4)9-14(7-11)23-5/h6-7,9,12H,8,10H2,1-5H3,(H,18,21). The van der Waals surface area contributed by atoms with Gasteiger partial charge in [0.1, 0.15) is 11.5 Å². The molecule has 1 heterocycles. The topological polar surface area (TPSA) is 67.9 Å². The van der Waals surface area contributed by atoms with Crippen molar-refractivity contribution in [2.75, 3.05) is 20.8 Å². The van der Waals surface area contributed by atoms with Crippen LogP contribution in [0.2, 0.25) is 0 Å². The predicted octanol–water partition coefficient (Wildman–Crippen LogP) is 1.83. The third-order valence-electron chi connectivity index (χ3n) is 3.88. The van der Waals surface area contributed by atoms with Crippen molar-refractivity contribution >= 4 is 11.8 Å². The normalized spacial score (nSPS) is 18.0. The van der Waals surface area contributed by atoms with Gasteiger partial charge in [-0.3, -0.25) is 9.59 Å². The van der Waals surface area contributed by atoms with Crippen molar-refractivity contribution in [1.82, 2.24) is 10.2 Å². The first kappa shape index (κ1) is 17.1. The van der Waals surface area contributed by atoms with Gasteiger partial charge in [-0.25, -0.2) is 0 Å². The number of hydrogen-bond acceptors (Lipinski definition) is 4. The van der Waals surface area contributed by atoms with E-state index in [1.807, 2.05) is 20.8 Å². The quantitative estimate of drug-likeness (QED) is 0.919. The summed E-state index contributed by atoms with van der Waals surface area (Å²) in [6.45, 7) is 6.49. The zero-order chi connectivity index (χ0) is 17.2. The van der Waals surface area contributed by atoms with Crippen molar-refractivity contribution in [2.24, 2.45) is 0 Å². The Bertz CT molecular complexity index is 585. The van der Waals surface area contributed by atoms with Crippen LogP contribution in [-0.2, 0) is 4.79 Å². The molecular formula is C17H24N2O4. The third-order valence-corrected chi connectivity index (χ3v) is 3.88. The van der Waals surface area contributed by atoms with Crippen molar-refractivity contribution < 1.29 is 19.1 Å². The first-order chi connectivity index (χ1) is 10.7. The Hall–Kier alpha value is -2.24. The van der Waals surface area contributed by atoms with Crippen LogP contribution in [0.1, 0.15) is 37.6 Å². The van der Waals surface area contributed by atoms with E-state index in [-0.39, 0.29) is 23.4 Å². The van der Waals surface area contributed by atoms with E-state index in [0.29, 0.717) is 30.0 Å². The molecule has 1 atom stereocenters. The second-order valence-corrected chi connectivity index (χ2v) is 6.65. The van der Waals surface area contributed by atoms with Crippen LogP contribution in [0.25, 0.3) is 0 Å². The van der Waals surface area contributed by atoms with E-state index in [1.165, 1.54) is 14.2 Å². The lowest BCUT2D eigenvalue weighted by Crippen LogP contribution is -2.44. The Morgan fingerprint density at radius 2 is 1.74 bits per heavy atom. The lowest BCUT2D eigenvalue weighted by Gasteiger charge is -2.32. The maximum absolute atomic E-state index is 12.4. The van der Waals surface area contributed by atoms with Crippen LogP contribution in [0, 0.1) is 0 Å². The summed E-state index contributed by atoms with van der Waals surface area (Å²) in [5.41, 5.74) is 0.207. The number of nitrogens with one attached hydrogen (secondary N) is 1. The molecule has 0 spiro atoms. The van der Waals surface area contributed by atoms with Crippen LogP contribution in [0.4, 0.5) is 0 Å². The number of carbonyl (C=O) groups is 2. The fourth-order valence-corrected chi connectivity index (χ4v) is 2.66. The molecule has 1 N–H and O–H groups in total. The zero-order valence-electron chi connectivity index (χ0n) is 14.3. The van der Waals surface area contributed by atoms with Crippen molar-refractivity contribution in [3.63, 3.8) is 0 Å². The summed E-state index contributed by atoms with van der Waals surface area (Å²) in [5.74, 6) is 0.920. The highest BCUT2D eigenvalue weighted by Crippen LogP contribution is 2.24. The van der Waals surface area contributed by atoms with Gasteiger partial charge < -0.3 is 19.7 Å². The number of methoxy groups -OCH3 is 2. The highest BCUT2D eigenvalue weighted by Gasteiger charge is 2.36. The van der Waals surface area contributed by atoms with Gasteiger partial charge in [-0.1, -0.05) is 0 Å². The summed E-state index contributed by atoms with van der Waals surface area (Å²) in [6, 6.07) is 4.81. The van der Waals surface area contributed by atoms with Crippen LogP contribution < -0.4 is 14.8 Å². The average Bonchev–Trinajstić information content (AvgIpc) is 2.87. The van der Waals surface area contributed by atoms with E-state index in [0.717, 1.165) is 0 Å². The summed E-state index contributed by atoms with van der Waals surface area (Å²) in [4.78, 5) is 26.3. The number of benzene rings is 1. The molecule has 0 bridgehead atoms. The molecule has 0 aliphatic carbocycles. The summed E-state index contributed by atoms with van der Waals surface area (Å²) < 4.78 is 10.3. The summed E-state index contributed by atoms with van der Waals surface area (Å²) in [5, 5.41) is 2.92. The van der Waals surface area contributed by atoms with Crippen molar-refractivity contribution in [1.29, 1.82) is 0 Å². The van der Waals surface area contributed by atoms with Crippen LogP contribution in [-0.4, -0.2) is 49.1 Å². The van der Waals surface area contributed by atoms with Gasteiger partial charge in [-0.2, -0.15) is 0 Å². The second-order valence-electron chi connectivity index (χ2n) is 6.65. The molecule has 23 heavy (non-hydrogen) atoms. The monoisotopic (exact) mass is 320 g/mol. The molecule has 1 saturated heterocycles. The fraction of sp³-hybridized carbons (Fsp3) is 0.529. The summed E-state index contributed by atoms with van der Waals surface area (Å²) in [6.07, 6.45) is 0.324. The Morgan fingerprint density at radius 3 is 2.17 bits per heavy atom. The first-order valence-corrected chi connectivity index (χ1v) is 7.59. The number of rotatable bonds is 4. The minimum absolute atomic E-state index is 0.0611. The molecule has 1 aliphatic rings. The third kappa shape index (κ3) is 3.94. The van der Waals surface area contributed by atoms with Gasteiger partial charge in [0, 0.05) is 30.1 Å². The number of amides is 2. The molecule has 1 fully saturated rings. The minimum atomic E-state index is -0.240. The van der Waals surface area contributed by atoms with Gasteiger partial charge in [-0.15, -0.1) is 0 Å². The van der Waals surface area contributed by atoms with Crippen LogP contribution in [0.15, 0.2) is 18.2 Å². The van der Waals surface area contributed by atoms with Crippen LogP contribution >= 0.6 is 0 Å². The maximum atomic E-state index is 12.4. The smallest absolute Gasteiger partial charge is 0.251 e. The molecule has 0 aromatic heterocycles. The van der Waals surface area contributed by atoms with Gasteiger partial charge in [0.05, 0.1) is 20.3 Å². The Labute approximate surface area is 136 Å².